The molecule has 8 heteroatoms. The molecule has 7 nitrogen and oxygen atoms in total. The number of carbonyl (C=O) groups is 1. The van der Waals surface area contributed by atoms with E-state index in [0.29, 0.717) is 44.0 Å². The van der Waals surface area contributed by atoms with Crippen LogP contribution in [0.15, 0.2) is 59.6 Å². The third kappa shape index (κ3) is 3.79. The highest BCUT2D eigenvalue weighted by atomic mass is 32.2. The Bertz CT molecular complexity index is 1280. The lowest BCUT2D eigenvalue weighted by Crippen LogP contribution is -2.48. The Labute approximate surface area is 188 Å². The second kappa shape index (κ2) is 8.27. The molecule has 0 aliphatic carbocycles. The van der Waals surface area contributed by atoms with Gasteiger partial charge in [0, 0.05) is 63.5 Å². The molecule has 0 N–H and O–H groups in total. The Morgan fingerprint density at radius 2 is 1.78 bits per heavy atom. The van der Waals surface area contributed by atoms with Crippen molar-refractivity contribution in [1.82, 2.24) is 14.2 Å². The van der Waals surface area contributed by atoms with E-state index in [-0.39, 0.29) is 5.91 Å². The molecule has 2 aliphatic heterocycles. The summed E-state index contributed by atoms with van der Waals surface area (Å²) < 4.78 is 28.1. The average molecular weight is 451 g/mol. The van der Waals surface area contributed by atoms with Gasteiger partial charge in [0.2, 0.25) is 15.9 Å². The molecule has 0 spiro atoms. The summed E-state index contributed by atoms with van der Waals surface area (Å²) in [7, 11) is -3.56. The summed E-state index contributed by atoms with van der Waals surface area (Å²) in [6.07, 6.45) is 2.49. The van der Waals surface area contributed by atoms with Crippen molar-refractivity contribution in [3.05, 3.63) is 65.9 Å². The number of para-hydroxylation sites is 1. The predicted octanol–water partition coefficient (Wildman–Crippen LogP) is 2.65. The van der Waals surface area contributed by atoms with Gasteiger partial charge in [-0.1, -0.05) is 24.3 Å². The fraction of sp³-hybridized carbons (Fsp3) is 0.333. The summed E-state index contributed by atoms with van der Waals surface area (Å²) in [5.41, 5.74) is 3.91. The quantitative estimate of drug-likeness (QED) is 0.611. The molecule has 0 unspecified atom stereocenters. The Kier molecular flexibility index (Phi) is 5.44. The molecular weight excluding hydrogens is 424 g/mol. The molecule has 5 rings (SSSR count). The van der Waals surface area contributed by atoms with Crippen molar-refractivity contribution in [2.45, 2.75) is 24.8 Å². The first-order chi connectivity index (χ1) is 15.4. The van der Waals surface area contributed by atoms with Gasteiger partial charge >= 0.3 is 0 Å². The van der Waals surface area contributed by atoms with Gasteiger partial charge in [0.15, 0.2) is 0 Å². The minimum Gasteiger partial charge on any atom is -0.312 e. The first kappa shape index (κ1) is 21.1. The molecule has 2 aromatic carbocycles. The normalized spacial score (nSPS) is 17.6. The summed E-state index contributed by atoms with van der Waals surface area (Å²) in [6.45, 7) is 5.15. The Morgan fingerprint density at radius 1 is 1.00 bits per heavy atom. The van der Waals surface area contributed by atoms with Crippen molar-refractivity contribution in [1.29, 1.82) is 0 Å². The number of sulfonamides is 1. The van der Waals surface area contributed by atoms with E-state index in [1.54, 1.807) is 27.4 Å². The van der Waals surface area contributed by atoms with Gasteiger partial charge in [0.05, 0.1) is 10.4 Å². The molecule has 166 valence electrons. The maximum absolute atomic E-state index is 13.3. The lowest BCUT2D eigenvalue weighted by atomic mass is 10.1. The number of carbonyl (C=O) groups excluding carboxylic acids is 1. The number of hydrogen-bond donors (Lipinski definition) is 0. The number of amides is 1. The summed E-state index contributed by atoms with van der Waals surface area (Å²) in [5.74, 6) is -0.0168. The molecule has 1 amide bonds. The second-order valence-corrected chi connectivity index (χ2v) is 10.3. The number of piperazine rings is 1. The van der Waals surface area contributed by atoms with Crippen LogP contribution in [0.25, 0.3) is 10.9 Å². The largest absolute Gasteiger partial charge is 0.312 e. The fourth-order valence-electron chi connectivity index (χ4n) is 4.68. The SMILES string of the molecule is CC(=O)N1CCc2cc(S(=O)(=O)N3CCN(Cc4cccc5cccnc45)CC3)ccc21. The molecule has 0 saturated carbocycles. The minimum absolute atomic E-state index is 0.0168. The predicted molar refractivity (Wildman–Crippen MR) is 124 cm³/mol. The molecule has 32 heavy (non-hydrogen) atoms. The van der Waals surface area contributed by atoms with Crippen molar-refractivity contribution in [3.63, 3.8) is 0 Å². The molecule has 1 fully saturated rings. The van der Waals surface area contributed by atoms with Crippen LogP contribution in [0.5, 0.6) is 0 Å². The second-order valence-electron chi connectivity index (χ2n) is 8.38. The number of benzene rings is 2. The van der Waals surface area contributed by atoms with Crippen LogP contribution in [-0.4, -0.2) is 61.2 Å². The van der Waals surface area contributed by atoms with E-state index in [9.17, 15) is 13.2 Å². The zero-order valence-corrected chi connectivity index (χ0v) is 18.9. The summed E-state index contributed by atoms with van der Waals surface area (Å²) in [5, 5.41) is 1.12. The van der Waals surface area contributed by atoms with Gasteiger partial charge in [-0.2, -0.15) is 4.31 Å². The molecular formula is C24H26N4O3S. The molecule has 0 bridgehead atoms. The zero-order valence-electron chi connectivity index (χ0n) is 18.1. The van der Waals surface area contributed by atoms with E-state index in [1.807, 2.05) is 18.3 Å². The average Bonchev–Trinajstić information content (AvgIpc) is 3.23. The molecule has 0 atom stereocenters. The maximum Gasteiger partial charge on any atom is 0.243 e. The van der Waals surface area contributed by atoms with Crippen LogP contribution < -0.4 is 4.90 Å². The number of rotatable bonds is 4. The van der Waals surface area contributed by atoms with Gasteiger partial charge < -0.3 is 4.90 Å². The maximum atomic E-state index is 13.3. The third-order valence-electron chi connectivity index (χ3n) is 6.41. The third-order valence-corrected chi connectivity index (χ3v) is 8.30. The zero-order chi connectivity index (χ0) is 22.3. The number of fused-ring (bicyclic) bond motifs is 2. The van der Waals surface area contributed by atoms with E-state index in [4.69, 9.17) is 0 Å². The van der Waals surface area contributed by atoms with Crippen molar-refractivity contribution >= 4 is 32.5 Å². The van der Waals surface area contributed by atoms with Crippen LogP contribution in [0.3, 0.4) is 0 Å². The van der Waals surface area contributed by atoms with Gasteiger partial charge in [-0.25, -0.2) is 8.42 Å². The first-order valence-electron chi connectivity index (χ1n) is 10.9. The smallest absolute Gasteiger partial charge is 0.243 e. The molecule has 0 radical (unpaired) electrons. The summed E-state index contributed by atoms with van der Waals surface area (Å²) in [4.78, 5) is 20.6. The summed E-state index contributed by atoms with van der Waals surface area (Å²) >= 11 is 0. The van der Waals surface area contributed by atoms with Crippen molar-refractivity contribution in [3.8, 4) is 0 Å². The van der Waals surface area contributed by atoms with E-state index in [0.717, 1.165) is 34.3 Å². The lowest BCUT2D eigenvalue weighted by Gasteiger charge is -2.34. The number of anilines is 1. The number of hydrogen-bond acceptors (Lipinski definition) is 5. The number of nitrogens with zero attached hydrogens (tertiary/aromatic N) is 4. The van der Waals surface area contributed by atoms with Gasteiger partial charge in [-0.15, -0.1) is 0 Å². The molecule has 1 aromatic heterocycles. The first-order valence-corrected chi connectivity index (χ1v) is 12.3. The van der Waals surface area contributed by atoms with Crippen LogP contribution in [0.2, 0.25) is 0 Å². The van der Waals surface area contributed by atoms with Crippen LogP contribution in [0.1, 0.15) is 18.1 Å². The van der Waals surface area contributed by atoms with E-state index >= 15 is 0 Å². The fourth-order valence-corrected chi connectivity index (χ4v) is 6.15. The van der Waals surface area contributed by atoms with E-state index < -0.39 is 10.0 Å². The summed E-state index contributed by atoms with van der Waals surface area (Å²) in [6, 6.07) is 15.3. The topological polar surface area (TPSA) is 73.8 Å². The highest BCUT2D eigenvalue weighted by Gasteiger charge is 2.31. The lowest BCUT2D eigenvalue weighted by molar-refractivity contribution is -0.116. The van der Waals surface area contributed by atoms with Gasteiger partial charge in [-0.05, 0) is 41.8 Å². The highest BCUT2D eigenvalue weighted by Crippen LogP contribution is 2.31. The van der Waals surface area contributed by atoms with E-state index in [2.05, 4.69) is 28.1 Å². The van der Waals surface area contributed by atoms with Crippen molar-refractivity contribution in [2.75, 3.05) is 37.6 Å². The Balaban J connectivity index is 1.28. The highest BCUT2D eigenvalue weighted by molar-refractivity contribution is 7.89. The van der Waals surface area contributed by atoms with Crippen LogP contribution in [0, 0.1) is 0 Å². The monoisotopic (exact) mass is 450 g/mol. The van der Waals surface area contributed by atoms with Crippen molar-refractivity contribution in [2.24, 2.45) is 0 Å². The van der Waals surface area contributed by atoms with Gasteiger partial charge in [0.25, 0.3) is 0 Å². The van der Waals surface area contributed by atoms with Crippen LogP contribution >= 0.6 is 0 Å². The van der Waals surface area contributed by atoms with Gasteiger partial charge in [0.1, 0.15) is 0 Å². The molecule has 3 aromatic rings. The Hall–Kier alpha value is -2.81. The minimum atomic E-state index is -3.56. The van der Waals surface area contributed by atoms with Crippen molar-refractivity contribution < 1.29 is 13.2 Å². The molecule has 1 saturated heterocycles. The van der Waals surface area contributed by atoms with Crippen LogP contribution in [0.4, 0.5) is 5.69 Å². The standard InChI is InChI=1S/C24H26N4O3S/c1-18(29)28-11-9-20-16-22(7-8-23(20)28)32(30,31)27-14-12-26(13-15-27)17-21-5-2-4-19-6-3-10-25-24(19)21/h2-8,10,16H,9,11-15,17H2,1H3. The van der Waals surface area contributed by atoms with Crippen LogP contribution in [-0.2, 0) is 27.8 Å². The number of pyridine rings is 1. The number of aromatic nitrogens is 1. The van der Waals surface area contributed by atoms with Gasteiger partial charge in [-0.3, -0.25) is 14.7 Å². The Morgan fingerprint density at radius 3 is 2.56 bits per heavy atom. The van der Waals surface area contributed by atoms with E-state index in [1.165, 1.54) is 6.92 Å². The molecule has 2 aliphatic rings. The molecule has 3 heterocycles.